The summed E-state index contributed by atoms with van der Waals surface area (Å²) in [4.78, 5) is 23.2. The monoisotopic (exact) mass is 328 g/mol. The molecule has 1 amide bonds. The van der Waals surface area contributed by atoms with E-state index in [1.807, 2.05) is 0 Å². The van der Waals surface area contributed by atoms with Gasteiger partial charge in [-0.2, -0.15) is 0 Å². The lowest BCUT2D eigenvalue weighted by molar-refractivity contribution is -0.124. The van der Waals surface area contributed by atoms with E-state index in [9.17, 15) is 18.0 Å². The van der Waals surface area contributed by atoms with E-state index in [4.69, 9.17) is 14.6 Å². The van der Waals surface area contributed by atoms with Crippen LogP contribution in [0.5, 0.6) is 5.75 Å². The lowest BCUT2D eigenvalue weighted by Gasteiger charge is -2.10. The van der Waals surface area contributed by atoms with Crippen LogP contribution in [-0.4, -0.2) is 40.1 Å². The molecule has 0 radical (unpaired) electrons. The highest BCUT2D eigenvalue weighted by Crippen LogP contribution is 2.23. The van der Waals surface area contributed by atoms with Gasteiger partial charge in [0.25, 0.3) is 5.91 Å². The Kier molecular flexibility index (Phi) is 4.67. The van der Waals surface area contributed by atoms with Crippen molar-refractivity contribution in [3.63, 3.8) is 0 Å². The molecule has 0 bridgehead atoms. The second-order valence-electron chi connectivity index (χ2n) is 4.83. The van der Waals surface area contributed by atoms with Crippen molar-refractivity contribution >= 4 is 21.9 Å². The van der Waals surface area contributed by atoms with Gasteiger partial charge in [0.05, 0.1) is 12.0 Å². The Morgan fingerprint density at radius 3 is 2.59 bits per heavy atom. The van der Waals surface area contributed by atoms with Gasteiger partial charge in [0.1, 0.15) is 11.3 Å². The molecule has 1 aromatic carbocycles. The first-order valence-electron chi connectivity index (χ1n) is 6.48. The number of benzene rings is 1. The molecule has 0 aromatic heterocycles. The first kappa shape index (κ1) is 16.2. The standard InChI is InChI=1S/C13H16N2O6S/c1-20-11-5-4-9(22(14,18)19)6-10(11)13(17)21-7-12(16)15-8-2-3-8/h4-6,8H,2-3,7H2,1H3,(H,15,16)(H2,14,18,19). The number of ether oxygens (including phenoxy) is 2. The highest BCUT2D eigenvalue weighted by Gasteiger charge is 2.24. The largest absolute Gasteiger partial charge is 0.496 e. The molecule has 8 nitrogen and oxygen atoms in total. The molecule has 0 aliphatic heterocycles. The van der Waals surface area contributed by atoms with Gasteiger partial charge in [-0.15, -0.1) is 0 Å². The first-order valence-corrected chi connectivity index (χ1v) is 8.03. The molecule has 120 valence electrons. The number of nitrogens with two attached hydrogens (primary N) is 1. The number of carbonyl (C=O) groups is 2. The fourth-order valence-corrected chi connectivity index (χ4v) is 2.27. The van der Waals surface area contributed by atoms with Crippen LogP contribution in [-0.2, 0) is 19.6 Å². The van der Waals surface area contributed by atoms with Crippen molar-refractivity contribution in [1.29, 1.82) is 0 Å². The summed E-state index contributed by atoms with van der Waals surface area (Å²) in [7, 11) is -2.64. The number of amides is 1. The molecule has 0 saturated heterocycles. The average molecular weight is 328 g/mol. The molecule has 3 N–H and O–H groups in total. The Morgan fingerprint density at radius 2 is 2.05 bits per heavy atom. The maximum atomic E-state index is 12.0. The minimum atomic E-state index is -3.97. The van der Waals surface area contributed by atoms with Crippen LogP contribution < -0.4 is 15.2 Å². The SMILES string of the molecule is COc1ccc(S(N)(=O)=O)cc1C(=O)OCC(=O)NC1CC1. The highest BCUT2D eigenvalue weighted by atomic mass is 32.2. The molecule has 9 heteroatoms. The van der Waals surface area contributed by atoms with E-state index < -0.39 is 28.5 Å². The molecule has 0 spiro atoms. The summed E-state index contributed by atoms with van der Waals surface area (Å²) in [5, 5.41) is 7.68. The highest BCUT2D eigenvalue weighted by molar-refractivity contribution is 7.89. The van der Waals surface area contributed by atoms with Gasteiger partial charge >= 0.3 is 5.97 Å². The van der Waals surface area contributed by atoms with E-state index in [1.54, 1.807) is 0 Å². The third-order valence-corrected chi connectivity index (χ3v) is 3.91. The number of esters is 1. The second kappa shape index (κ2) is 6.32. The fraction of sp³-hybridized carbons (Fsp3) is 0.385. The van der Waals surface area contributed by atoms with Crippen molar-refractivity contribution in [1.82, 2.24) is 5.32 Å². The number of hydrogen-bond acceptors (Lipinski definition) is 6. The van der Waals surface area contributed by atoms with Gasteiger partial charge in [-0.05, 0) is 31.0 Å². The van der Waals surface area contributed by atoms with Crippen LogP contribution in [0.1, 0.15) is 23.2 Å². The predicted molar refractivity (Wildman–Crippen MR) is 75.8 cm³/mol. The van der Waals surface area contributed by atoms with Crippen LogP contribution in [0, 0.1) is 0 Å². The number of carbonyl (C=O) groups excluding carboxylic acids is 2. The van der Waals surface area contributed by atoms with Crippen LogP contribution >= 0.6 is 0 Å². The molecule has 1 fully saturated rings. The van der Waals surface area contributed by atoms with Crippen LogP contribution in [0.2, 0.25) is 0 Å². The van der Waals surface area contributed by atoms with E-state index in [-0.39, 0.29) is 22.3 Å². The summed E-state index contributed by atoms with van der Waals surface area (Å²) in [6, 6.07) is 3.71. The number of rotatable bonds is 6. The number of hydrogen-bond donors (Lipinski definition) is 2. The summed E-state index contributed by atoms with van der Waals surface area (Å²) in [6.07, 6.45) is 1.84. The number of sulfonamides is 1. The summed E-state index contributed by atoms with van der Waals surface area (Å²) < 4.78 is 32.5. The minimum Gasteiger partial charge on any atom is -0.496 e. The number of methoxy groups -OCH3 is 1. The van der Waals surface area contributed by atoms with Crippen LogP contribution in [0.25, 0.3) is 0 Å². The lowest BCUT2D eigenvalue weighted by atomic mass is 10.2. The molecule has 0 unspecified atom stereocenters. The zero-order chi connectivity index (χ0) is 16.3. The van der Waals surface area contributed by atoms with Crippen molar-refractivity contribution < 1.29 is 27.5 Å². The number of primary sulfonamides is 1. The molecule has 1 aliphatic rings. The summed E-state index contributed by atoms with van der Waals surface area (Å²) in [6.45, 7) is -0.446. The summed E-state index contributed by atoms with van der Waals surface area (Å²) in [5.74, 6) is -1.15. The third-order valence-electron chi connectivity index (χ3n) is 3.00. The van der Waals surface area contributed by atoms with Gasteiger partial charge in [0, 0.05) is 6.04 Å². The number of nitrogens with one attached hydrogen (secondary N) is 1. The van der Waals surface area contributed by atoms with Crippen molar-refractivity contribution in [2.75, 3.05) is 13.7 Å². The Bertz CT molecular complexity index is 696. The first-order chi connectivity index (χ1) is 10.3. The lowest BCUT2D eigenvalue weighted by Crippen LogP contribution is -2.30. The predicted octanol–water partition coefficient (Wildman–Crippen LogP) is -0.222. The Hall–Kier alpha value is -2.13. The van der Waals surface area contributed by atoms with Gasteiger partial charge in [0.2, 0.25) is 10.0 Å². The Morgan fingerprint density at radius 1 is 1.36 bits per heavy atom. The van der Waals surface area contributed by atoms with E-state index in [1.165, 1.54) is 19.2 Å². The summed E-state index contributed by atoms with van der Waals surface area (Å²) in [5.41, 5.74) is -0.117. The molecule has 1 aromatic rings. The maximum absolute atomic E-state index is 12.0. The molecular weight excluding hydrogens is 312 g/mol. The van der Waals surface area contributed by atoms with Gasteiger partial charge < -0.3 is 14.8 Å². The molecular formula is C13H16N2O6S. The van der Waals surface area contributed by atoms with Gasteiger partial charge in [-0.25, -0.2) is 18.4 Å². The van der Waals surface area contributed by atoms with Crippen LogP contribution in [0.15, 0.2) is 23.1 Å². The molecule has 0 atom stereocenters. The average Bonchev–Trinajstić information content (AvgIpc) is 3.27. The molecule has 22 heavy (non-hydrogen) atoms. The smallest absolute Gasteiger partial charge is 0.342 e. The van der Waals surface area contributed by atoms with E-state index in [0.29, 0.717) is 0 Å². The Balaban J connectivity index is 2.11. The second-order valence-corrected chi connectivity index (χ2v) is 6.39. The van der Waals surface area contributed by atoms with Gasteiger partial charge in [-0.1, -0.05) is 0 Å². The molecule has 2 rings (SSSR count). The maximum Gasteiger partial charge on any atom is 0.342 e. The zero-order valence-electron chi connectivity index (χ0n) is 11.9. The van der Waals surface area contributed by atoms with Crippen LogP contribution in [0.4, 0.5) is 0 Å². The van der Waals surface area contributed by atoms with Crippen LogP contribution in [0.3, 0.4) is 0 Å². The van der Waals surface area contributed by atoms with Crippen molar-refractivity contribution in [3.8, 4) is 5.75 Å². The van der Waals surface area contributed by atoms with Crippen molar-refractivity contribution in [3.05, 3.63) is 23.8 Å². The van der Waals surface area contributed by atoms with Gasteiger partial charge in [0.15, 0.2) is 6.61 Å². The summed E-state index contributed by atoms with van der Waals surface area (Å²) >= 11 is 0. The zero-order valence-corrected chi connectivity index (χ0v) is 12.7. The molecule has 1 saturated carbocycles. The van der Waals surface area contributed by atoms with Crippen molar-refractivity contribution in [2.45, 2.75) is 23.8 Å². The van der Waals surface area contributed by atoms with Gasteiger partial charge in [-0.3, -0.25) is 4.79 Å². The Labute approximate surface area is 127 Å². The van der Waals surface area contributed by atoms with Crippen molar-refractivity contribution in [2.24, 2.45) is 5.14 Å². The molecule has 1 aliphatic carbocycles. The quantitative estimate of drug-likeness (QED) is 0.695. The minimum absolute atomic E-state index is 0.117. The van der Waals surface area contributed by atoms with E-state index in [0.717, 1.165) is 18.9 Å². The normalized spacial score (nSPS) is 14.3. The molecule has 0 heterocycles. The third kappa shape index (κ3) is 4.18. The van der Waals surface area contributed by atoms with E-state index in [2.05, 4.69) is 5.32 Å². The topological polar surface area (TPSA) is 125 Å². The fourth-order valence-electron chi connectivity index (χ4n) is 1.73. The van der Waals surface area contributed by atoms with E-state index >= 15 is 0 Å².